The quantitative estimate of drug-likeness (QED) is 0.0687. The van der Waals surface area contributed by atoms with Crippen LogP contribution in [0.4, 0.5) is 28.9 Å². The van der Waals surface area contributed by atoms with Gasteiger partial charge in [-0.1, -0.05) is 17.5 Å². The number of amides is 3. The highest BCUT2D eigenvalue weighted by Gasteiger charge is 2.42. The molecule has 1 aliphatic carbocycles. The van der Waals surface area contributed by atoms with Crippen molar-refractivity contribution < 1.29 is 65.9 Å². The van der Waals surface area contributed by atoms with Crippen LogP contribution in [0.2, 0.25) is 5.02 Å². The number of imide groups is 1. The number of alkyl halides is 3. The number of hydrogen-bond acceptors (Lipinski definition) is 10. The minimum absolute atomic E-state index is 0.0170. The summed E-state index contributed by atoms with van der Waals surface area (Å²) in [6.45, 7) is -1.05. The maximum absolute atomic E-state index is 14.7. The van der Waals surface area contributed by atoms with Gasteiger partial charge < -0.3 is 25.6 Å². The van der Waals surface area contributed by atoms with E-state index in [1.54, 1.807) is 0 Å². The van der Waals surface area contributed by atoms with Gasteiger partial charge in [0.1, 0.15) is 28.7 Å². The zero-order valence-corrected chi connectivity index (χ0v) is 34.5. The smallest absolute Gasteiger partial charge is 0.355 e. The summed E-state index contributed by atoms with van der Waals surface area (Å²) < 4.78 is 70.9. The second-order valence-electron chi connectivity index (χ2n) is 13.7. The van der Waals surface area contributed by atoms with Crippen molar-refractivity contribution in [3.05, 3.63) is 73.9 Å². The van der Waals surface area contributed by atoms with Gasteiger partial charge in [0.05, 0.1) is 17.9 Å². The maximum Gasteiger partial charge on any atom is 0.355 e. The minimum Gasteiger partial charge on any atom is -0.481 e. The average molecular weight is 920 g/mol. The summed E-state index contributed by atoms with van der Waals surface area (Å²) in [6.07, 6.45) is 7.75. The average Bonchev–Trinajstić information content (AvgIpc) is 3.62. The molecule has 3 aromatic rings. The third-order valence-corrected chi connectivity index (χ3v) is 11.0. The summed E-state index contributed by atoms with van der Waals surface area (Å²) >= 11 is 11.5. The number of ether oxygens (including phenoxy) is 1. The van der Waals surface area contributed by atoms with Gasteiger partial charge in [0.2, 0.25) is 0 Å². The van der Waals surface area contributed by atoms with Gasteiger partial charge in [0, 0.05) is 41.5 Å². The van der Waals surface area contributed by atoms with E-state index in [-0.39, 0.29) is 76.2 Å². The fourth-order valence-electron chi connectivity index (χ4n) is 6.14. The Balaban J connectivity index is 0.000000218. The second-order valence-corrected chi connectivity index (χ2v) is 17.1. The van der Waals surface area contributed by atoms with Crippen LogP contribution in [-0.4, -0.2) is 96.5 Å². The number of halogens is 6. The molecule has 3 unspecified atom stereocenters. The van der Waals surface area contributed by atoms with Crippen LogP contribution >= 0.6 is 30.6 Å². The van der Waals surface area contributed by atoms with Gasteiger partial charge in [-0.2, -0.15) is 13.5 Å². The molecule has 17 nitrogen and oxygen atoms in total. The Hall–Kier alpha value is -5.52. The van der Waals surface area contributed by atoms with Crippen molar-refractivity contribution in [1.29, 1.82) is 0 Å². The Labute approximate surface area is 353 Å². The van der Waals surface area contributed by atoms with Crippen molar-refractivity contribution in [3.8, 4) is 23.8 Å². The number of carboxylic acids is 2. The van der Waals surface area contributed by atoms with Crippen LogP contribution in [0.25, 0.3) is 5.69 Å². The summed E-state index contributed by atoms with van der Waals surface area (Å²) in [5, 5.41) is 19.3. The van der Waals surface area contributed by atoms with Crippen LogP contribution in [0.15, 0.2) is 40.2 Å². The number of aromatic nitrogens is 3. The molecule has 6 rings (SSSR count). The molecule has 0 spiro atoms. The van der Waals surface area contributed by atoms with Crippen LogP contribution in [0.1, 0.15) is 50.0 Å². The van der Waals surface area contributed by atoms with Crippen LogP contribution in [0.5, 0.6) is 5.75 Å². The van der Waals surface area contributed by atoms with E-state index in [0.717, 1.165) is 42.9 Å². The topological polar surface area (TPSA) is 245 Å². The molecule has 0 bridgehead atoms. The van der Waals surface area contributed by atoms with Gasteiger partial charge in [-0.3, -0.25) is 33.4 Å². The first-order valence-corrected chi connectivity index (χ1v) is 21.0. The fourth-order valence-corrected chi connectivity index (χ4v) is 7.30. The lowest BCUT2D eigenvalue weighted by Crippen LogP contribution is -2.39. The van der Waals surface area contributed by atoms with Gasteiger partial charge in [0.25, 0.3) is 17.7 Å². The van der Waals surface area contributed by atoms with Crippen LogP contribution < -0.4 is 26.0 Å². The molecule has 0 radical (unpaired) electrons. The summed E-state index contributed by atoms with van der Waals surface area (Å²) in [5.41, 5.74) is 4.54. The van der Waals surface area contributed by atoms with Crippen molar-refractivity contribution >= 4 is 71.6 Å². The summed E-state index contributed by atoms with van der Waals surface area (Å²) in [5.74, 6) is -3.34. The number of aryl methyl sites for hydroxylation is 1. The summed E-state index contributed by atoms with van der Waals surface area (Å²) in [7, 11) is -3.10. The predicted octanol–water partition coefficient (Wildman–Crippen LogP) is 4.38. The highest BCUT2D eigenvalue weighted by Crippen LogP contribution is 2.42. The van der Waals surface area contributed by atoms with Crippen molar-refractivity contribution in [2.75, 3.05) is 35.8 Å². The second kappa shape index (κ2) is 19.9. The molecule has 3 heterocycles. The Kier molecular flexibility index (Phi) is 15.7. The van der Waals surface area contributed by atoms with E-state index in [9.17, 15) is 50.9 Å². The zero-order chi connectivity index (χ0) is 45.7. The molecule has 1 aromatic heterocycles. The van der Waals surface area contributed by atoms with E-state index in [2.05, 4.69) is 11.0 Å². The van der Waals surface area contributed by atoms with Gasteiger partial charge in [-0.15, -0.1) is 23.1 Å². The fraction of sp³-hybridized carbons (Fsp3) is 0.378. The van der Waals surface area contributed by atoms with E-state index in [1.807, 2.05) is 0 Å². The molecule has 0 saturated carbocycles. The van der Waals surface area contributed by atoms with Crippen LogP contribution in [-0.2, 0) is 35.0 Å². The number of nitrogens with two attached hydrogens (primary N) is 1. The largest absolute Gasteiger partial charge is 0.481 e. The standard InChI is InChI=1S/C19H15FN2O4.C13H10Cl2F3N3O3.C5H12NO4P/c1-2-7-21-15-9-14(13(20)8-16(15)26-10-17(21)23)22-18(24)11-5-3-4-6-12(11)19(22)25;1-5-19-21(13(24)20(5)12(17)18)10-3-6(2-8(15)11(22)23)7(14)4-9(10)16;1-11(9,10)3-2-4(6)5(7)8/h1,8-9H,3-7,10H2;3-4,8,12H,2H2,1H3,(H,22,23);4H,2-3,6H2,1H3,(H,7,8)(H,9,10). The molecule has 0 fully saturated rings. The van der Waals surface area contributed by atoms with Gasteiger partial charge >= 0.3 is 24.2 Å². The molecule has 61 heavy (non-hydrogen) atoms. The number of fused-ring (bicyclic) bond motifs is 1. The van der Waals surface area contributed by atoms with Crippen molar-refractivity contribution in [1.82, 2.24) is 14.3 Å². The summed E-state index contributed by atoms with van der Waals surface area (Å²) in [6, 6.07) is 3.22. The normalized spacial score (nSPS) is 16.6. The Morgan fingerprint density at radius 3 is 2.10 bits per heavy atom. The molecule has 3 atom stereocenters. The van der Waals surface area contributed by atoms with Crippen LogP contribution in [0.3, 0.4) is 0 Å². The van der Waals surface area contributed by atoms with Gasteiger partial charge in [-0.05, 0) is 62.8 Å². The SMILES string of the molecule is C#CCN1C(=O)COc2cc(F)c(N3C(=O)C4=C(CCCC4)C3=O)cc21.CP(=O)(O)CCC(N)C(=O)O.Cc1nn(-c2cc(CC(Cl)C(=O)O)c(Cl)cc2F)c(=O)n1C(F)F. The van der Waals surface area contributed by atoms with E-state index < -0.39 is 72.1 Å². The Morgan fingerprint density at radius 2 is 1.59 bits per heavy atom. The minimum atomic E-state index is -3.14. The predicted molar refractivity (Wildman–Crippen MR) is 212 cm³/mol. The molecule has 2 aromatic carbocycles. The lowest BCUT2D eigenvalue weighted by Gasteiger charge is -2.29. The van der Waals surface area contributed by atoms with Crippen molar-refractivity contribution in [2.24, 2.45) is 5.73 Å². The molecule has 2 aliphatic heterocycles. The van der Waals surface area contributed by atoms with E-state index in [4.69, 9.17) is 55.2 Å². The number of rotatable bonds is 11. The third kappa shape index (κ3) is 11.3. The number of nitrogens with zero attached hydrogens (tertiary/aromatic N) is 5. The van der Waals surface area contributed by atoms with Gasteiger partial charge in [-0.25, -0.2) is 23.0 Å². The molecule has 328 valence electrons. The maximum atomic E-state index is 14.7. The van der Waals surface area contributed by atoms with Crippen molar-refractivity contribution in [2.45, 2.75) is 63.4 Å². The number of carbonyl (C=O) groups excluding carboxylic acids is 3. The first-order chi connectivity index (χ1) is 28.5. The van der Waals surface area contributed by atoms with Gasteiger partial charge in [0.15, 0.2) is 25.6 Å². The molecule has 24 heteroatoms. The lowest BCUT2D eigenvalue weighted by atomic mass is 9.93. The number of terminal acetylenes is 1. The highest BCUT2D eigenvalue weighted by molar-refractivity contribution is 7.57. The molecule has 3 amide bonds. The Morgan fingerprint density at radius 1 is 1.00 bits per heavy atom. The molecular formula is C37H37Cl2F4N6O11P. The third-order valence-electron chi connectivity index (χ3n) is 9.21. The first-order valence-electron chi connectivity index (χ1n) is 17.9. The monoisotopic (exact) mass is 918 g/mol. The highest BCUT2D eigenvalue weighted by atomic mass is 35.5. The number of benzene rings is 2. The van der Waals surface area contributed by atoms with E-state index >= 15 is 0 Å². The van der Waals surface area contributed by atoms with E-state index in [0.29, 0.717) is 28.7 Å². The number of hydrogen-bond donors (Lipinski definition) is 4. The number of carboxylic acid groups (broad SMARTS) is 2. The molecular weight excluding hydrogens is 882 g/mol. The molecule has 0 saturated heterocycles. The number of anilines is 2. The molecule has 3 aliphatic rings. The van der Waals surface area contributed by atoms with Crippen molar-refractivity contribution in [3.63, 3.8) is 0 Å². The lowest BCUT2D eigenvalue weighted by molar-refractivity contribution is -0.139. The Bertz CT molecular complexity index is 2420. The van der Waals surface area contributed by atoms with E-state index in [1.165, 1.54) is 17.6 Å². The zero-order valence-electron chi connectivity index (χ0n) is 32.1. The number of carbonyl (C=O) groups is 5. The first kappa shape index (κ1) is 48.1. The molecule has 5 N–H and O–H groups in total. The number of aliphatic carboxylic acids is 2. The summed E-state index contributed by atoms with van der Waals surface area (Å²) in [4.78, 5) is 81.2. The van der Waals surface area contributed by atoms with Crippen LogP contribution in [0, 0.1) is 30.9 Å².